The number of hydrogen-bond donors (Lipinski definition) is 0. The number of fused-ring (bicyclic) bond motifs is 1. The molecule has 1 atom stereocenters. The molecule has 0 fully saturated rings. The van der Waals surface area contributed by atoms with Crippen LogP contribution in [0.2, 0.25) is 5.02 Å². The van der Waals surface area contributed by atoms with Crippen LogP contribution in [0.15, 0.2) is 47.4 Å². The fourth-order valence-electron chi connectivity index (χ4n) is 2.65. The van der Waals surface area contributed by atoms with E-state index in [-0.39, 0.29) is 4.90 Å². The van der Waals surface area contributed by atoms with Crippen molar-refractivity contribution in [3.63, 3.8) is 0 Å². The van der Waals surface area contributed by atoms with Gasteiger partial charge in [-0.25, -0.2) is 12.8 Å². The molecule has 104 valence electrons. The first-order valence-corrected chi connectivity index (χ1v) is 8.19. The van der Waals surface area contributed by atoms with Gasteiger partial charge in [0.2, 0.25) is 0 Å². The molecule has 0 saturated heterocycles. The van der Waals surface area contributed by atoms with Crippen LogP contribution in [-0.4, -0.2) is 8.42 Å². The second-order valence-electron chi connectivity index (χ2n) is 4.87. The molecule has 2 aromatic rings. The Labute approximate surface area is 122 Å². The fraction of sp³-hybridized carbons (Fsp3) is 0.200. The smallest absolute Gasteiger partial charge is 0.185 e. The minimum absolute atomic E-state index is 0.226. The summed E-state index contributed by atoms with van der Waals surface area (Å²) in [5.41, 5.74) is 1.49. The maximum absolute atomic E-state index is 13.4. The van der Waals surface area contributed by atoms with E-state index in [1.807, 2.05) is 0 Å². The molecular formula is C15H12ClFO2S. The first-order valence-electron chi connectivity index (χ1n) is 6.26. The van der Waals surface area contributed by atoms with Gasteiger partial charge in [-0.1, -0.05) is 17.7 Å². The van der Waals surface area contributed by atoms with Crippen molar-refractivity contribution in [2.75, 3.05) is 0 Å². The second kappa shape index (κ2) is 4.86. The number of benzene rings is 2. The highest BCUT2D eigenvalue weighted by Gasteiger charge is 2.34. The second-order valence-corrected chi connectivity index (χ2v) is 7.44. The highest BCUT2D eigenvalue weighted by molar-refractivity contribution is 7.91. The lowest BCUT2D eigenvalue weighted by Crippen LogP contribution is -2.11. The standard InChI is InChI=1S/C15H12ClFO2S/c16-11-3-6-13(7-4-11)20(18,19)15-8-2-10-1-5-12(17)9-14(10)15/h1,3-7,9,15H,2,8H2. The predicted molar refractivity (Wildman–Crippen MR) is 76.1 cm³/mol. The Morgan fingerprint density at radius 1 is 1.10 bits per heavy atom. The van der Waals surface area contributed by atoms with Crippen LogP contribution in [0, 0.1) is 5.82 Å². The normalized spacial score (nSPS) is 18.0. The van der Waals surface area contributed by atoms with E-state index in [0.29, 0.717) is 23.4 Å². The molecule has 2 aromatic carbocycles. The third kappa shape index (κ3) is 2.23. The van der Waals surface area contributed by atoms with Crippen molar-refractivity contribution in [1.82, 2.24) is 0 Å². The summed E-state index contributed by atoms with van der Waals surface area (Å²) >= 11 is 5.78. The molecule has 0 amide bonds. The summed E-state index contributed by atoms with van der Waals surface area (Å²) in [6.45, 7) is 0. The van der Waals surface area contributed by atoms with Gasteiger partial charge in [0, 0.05) is 5.02 Å². The van der Waals surface area contributed by atoms with Gasteiger partial charge in [-0.2, -0.15) is 0 Å². The zero-order valence-electron chi connectivity index (χ0n) is 10.5. The van der Waals surface area contributed by atoms with Gasteiger partial charge in [0.15, 0.2) is 9.84 Å². The topological polar surface area (TPSA) is 34.1 Å². The molecule has 0 aliphatic heterocycles. The van der Waals surface area contributed by atoms with Gasteiger partial charge in [-0.05, 0) is 60.4 Å². The summed E-state index contributed by atoms with van der Waals surface area (Å²) in [7, 11) is -3.51. The summed E-state index contributed by atoms with van der Waals surface area (Å²) in [5, 5.41) is -0.184. The highest BCUT2D eigenvalue weighted by atomic mass is 35.5. The average Bonchev–Trinajstić information content (AvgIpc) is 2.82. The van der Waals surface area contributed by atoms with Crippen molar-refractivity contribution in [3.05, 3.63) is 64.4 Å². The van der Waals surface area contributed by atoms with Crippen LogP contribution < -0.4 is 0 Å². The minimum atomic E-state index is -3.51. The van der Waals surface area contributed by atoms with Gasteiger partial charge in [0.25, 0.3) is 0 Å². The SMILES string of the molecule is O=S(=O)(c1ccc(Cl)cc1)C1CCc2ccc(F)cc21. The molecule has 0 heterocycles. The van der Waals surface area contributed by atoms with Crippen molar-refractivity contribution in [2.24, 2.45) is 0 Å². The van der Waals surface area contributed by atoms with Crippen LogP contribution in [0.1, 0.15) is 22.8 Å². The third-order valence-corrected chi connectivity index (χ3v) is 6.07. The van der Waals surface area contributed by atoms with Crippen LogP contribution in [0.4, 0.5) is 4.39 Å². The summed E-state index contributed by atoms with van der Waals surface area (Å²) in [5.74, 6) is -0.401. The van der Waals surface area contributed by atoms with Gasteiger partial charge in [-0.15, -0.1) is 0 Å². The first kappa shape index (κ1) is 13.6. The van der Waals surface area contributed by atoms with Crippen LogP contribution in [0.5, 0.6) is 0 Å². The molecule has 0 aromatic heterocycles. The number of sulfone groups is 1. The van der Waals surface area contributed by atoms with Crippen LogP contribution in [0.25, 0.3) is 0 Å². The zero-order valence-corrected chi connectivity index (χ0v) is 12.1. The quantitative estimate of drug-likeness (QED) is 0.842. The average molecular weight is 311 g/mol. The molecule has 1 aliphatic carbocycles. The minimum Gasteiger partial charge on any atom is -0.223 e. The first-order chi connectivity index (χ1) is 9.48. The summed E-state index contributed by atoms with van der Waals surface area (Å²) < 4.78 is 38.7. The Bertz CT molecular complexity index is 754. The Morgan fingerprint density at radius 3 is 2.50 bits per heavy atom. The lowest BCUT2D eigenvalue weighted by atomic mass is 10.1. The van der Waals surface area contributed by atoms with Gasteiger partial charge in [0.1, 0.15) is 5.82 Å². The molecule has 20 heavy (non-hydrogen) atoms. The maximum atomic E-state index is 13.4. The zero-order chi connectivity index (χ0) is 14.3. The van der Waals surface area contributed by atoms with Gasteiger partial charge in [0.05, 0.1) is 10.1 Å². The lowest BCUT2D eigenvalue weighted by molar-refractivity contribution is 0.580. The number of aryl methyl sites for hydroxylation is 1. The molecule has 1 unspecified atom stereocenters. The lowest BCUT2D eigenvalue weighted by Gasteiger charge is -2.13. The third-order valence-electron chi connectivity index (χ3n) is 3.65. The summed E-state index contributed by atoms with van der Waals surface area (Å²) in [4.78, 5) is 0.226. The Morgan fingerprint density at radius 2 is 1.80 bits per heavy atom. The van der Waals surface area contributed by atoms with Crippen molar-refractivity contribution in [1.29, 1.82) is 0 Å². The Hall–Kier alpha value is -1.39. The van der Waals surface area contributed by atoms with E-state index in [1.54, 1.807) is 18.2 Å². The maximum Gasteiger partial charge on any atom is 0.185 e. The molecule has 0 bridgehead atoms. The van der Waals surface area contributed by atoms with Crippen LogP contribution in [0.3, 0.4) is 0 Å². The molecule has 0 spiro atoms. The van der Waals surface area contributed by atoms with Gasteiger partial charge >= 0.3 is 0 Å². The number of rotatable bonds is 2. The van der Waals surface area contributed by atoms with Crippen molar-refractivity contribution in [2.45, 2.75) is 23.0 Å². The fourth-order valence-corrected chi connectivity index (χ4v) is 4.60. The molecule has 1 aliphatic rings. The molecule has 3 rings (SSSR count). The summed E-state index contributed by atoms with van der Waals surface area (Å²) in [6.07, 6.45) is 1.15. The van der Waals surface area contributed by atoms with Crippen LogP contribution >= 0.6 is 11.6 Å². The molecule has 5 heteroatoms. The van der Waals surface area contributed by atoms with Gasteiger partial charge in [-0.3, -0.25) is 0 Å². The van der Waals surface area contributed by atoms with E-state index in [9.17, 15) is 12.8 Å². The van der Waals surface area contributed by atoms with E-state index in [4.69, 9.17) is 11.6 Å². The number of halogens is 2. The molecule has 0 radical (unpaired) electrons. The van der Waals surface area contributed by atoms with E-state index >= 15 is 0 Å². The van der Waals surface area contributed by atoms with E-state index < -0.39 is 20.9 Å². The molecular weight excluding hydrogens is 299 g/mol. The largest absolute Gasteiger partial charge is 0.223 e. The van der Waals surface area contributed by atoms with Crippen molar-refractivity contribution < 1.29 is 12.8 Å². The molecule has 0 N–H and O–H groups in total. The number of hydrogen-bond acceptors (Lipinski definition) is 2. The van der Waals surface area contributed by atoms with Crippen molar-refractivity contribution >= 4 is 21.4 Å². The monoisotopic (exact) mass is 310 g/mol. The molecule has 2 nitrogen and oxygen atoms in total. The van der Waals surface area contributed by atoms with Crippen LogP contribution in [-0.2, 0) is 16.3 Å². The highest BCUT2D eigenvalue weighted by Crippen LogP contribution is 2.40. The Balaban J connectivity index is 2.07. The Kier molecular flexibility index (Phi) is 3.30. The van der Waals surface area contributed by atoms with Crippen molar-refractivity contribution in [3.8, 4) is 0 Å². The van der Waals surface area contributed by atoms with Gasteiger partial charge < -0.3 is 0 Å². The molecule has 0 saturated carbocycles. The predicted octanol–water partition coefficient (Wildman–Crippen LogP) is 3.94. The van der Waals surface area contributed by atoms with E-state index in [2.05, 4.69) is 0 Å². The van der Waals surface area contributed by atoms with E-state index in [0.717, 1.165) is 5.56 Å². The van der Waals surface area contributed by atoms with E-state index in [1.165, 1.54) is 24.3 Å². The summed E-state index contributed by atoms with van der Waals surface area (Å²) in [6, 6.07) is 10.5.